The molecule has 0 spiro atoms. The van der Waals surface area contributed by atoms with E-state index in [0.717, 1.165) is 5.56 Å². The van der Waals surface area contributed by atoms with Crippen molar-refractivity contribution in [3.8, 4) is 5.75 Å². The Bertz CT molecular complexity index is 1330. The lowest BCUT2D eigenvalue weighted by Gasteiger charge is -2.24. The Morgan fingerprint density at radius 3 is 2.26 bits per heavy atom. The summed E-state index contributed by atoms with van der Waals surface area (Å²) in [4.78, 5) is 41.8. The molecule has 4 rings (SSSR count). The lowest BCUT2D eigenvalue weighted by molar-refractivity contribution is -0.124. The molecule has 196 valence electrons. The van der Waals surface area contributed by atoms with Crippen molar-refractivity contribution in [3.63, 3.8) is 0 Å². The number of anilines is 2. The SMILES string of the molecule is CCOC(=O)c1ccc(N2C(=O)C(CC(=O)Nc3ccc(OC)cc3)N(Cc3ccc(Cl)cc3)C2=S)cc1. The number of nitrogens with one attached hydrogen (secondary N) is 1. The van der Waals surface area contributed by atoms with Crippen LogP contribution in [0.5, 0.6) is 5.75 Å². The number of hydrogen-bond donors (Lipinski definition) is 1. The van der Waals surface area contributed by atoms with Crippen molar-refractivity contribution in [1.29, 1.82) is 0 Å². The largest absolute Gasteiger partial charge is 0.497 e. The molecule has 38 heavy (non-hydrogen) atoms. The minimum Gasteiger partial charge on any atom is -0.497 e. The fourth-order valence-corrected chi connectivity index (χ4v) is 4.57. The Balaban J connectivity index is 1.58. The average Bonchev–Trinajstić information content (AvgIpc) is 3.14. The van der Waals surface area contributed by atoms with Crippen LogP contribution in [0.2, 0.25) is 5.02 Å². The van der Waals surface area contributed by atoms with Gasteiger partial charge in [0.25, 0.3) is 5.91 Å². The lowest BCUT2D eigenvalue weighted by Crippen LogP contribution is -2.37. The van der Waals surface area contributed by atoms with E-state index < -0.39 is 12.0 Å². The maximum atomic E-state index is 13.7. The normalized spacial score (nSPS) is 15.0. The van der Waals surface area contributed by atoms with Crippen LogP contribution in [-0.2, 0) is 20.9 Å². The van der Waals surface area contributed by atoms with Gasteiger partial charge in [0, 0.05) is 17.3 Å². The summed E-state index contributed by atoms with van der Waals surface area (Å²) < 4.78 is 10.2. The number of ether oxygens (including phenoxy) is 2. The Morgan fingerprint density at radius 2 is 1.66 bits per heavy atom. The van der Waals surface area contributed by atoms with Crippen LogP contribution in [0.3, 0.4) is 0 Å². The fraction of sp³-hybridized carbons (Fsp3) is 0.214. The molecule has 1 saturated heterocycles. The van der Waals surface area contributed by atoms with E-state index >= 15 is 0 Å². The Hall–Kier alpha value is -3.95. The first kappa shape index (κ1) is 27.1. The van der Waals surface area contributed by atoms with Crippen molar-refractivity contribution in [3.05, 3.63) is 88.9 Å². The van der Waals surface area contributed by atoms with Crippen molar-refractivity contribution < 1.29 is 23.9 Å². The van der Waals surface area contributed by atoms with E-state index in [2.05, 4.69) is 5.32 Å². The molecule has 1 heterocycles. The molecule has 0 radical (unpaired) electrons. The highest BCUT2D eigenvalue weighted by Crippen LogP contribution is 2.30. The number of carbonyl (C=O) groups is 3. The second-order valence-electron chi connectivity index (χ2n) is 8.47. The van der Waals surface area contributed by atoms with Gasteiger partial charge < -0.3 is 19.7 Å². The molecule has 3 aromatic carbocycles. The summed E-state index contributed by atoms with van der Waals surface area (Å²) >= 11 is 11.8. The summed E-state index contributed by atoms with van der Waals surface area (Å²) in [6.45, 7) is 2.29. The molecule has 1 fully saturated rings. The fourth-order valence-electron chi connectivity index (χ4n) is 4.06. The van der Waals surface area contributed by atoms with Crippen LogP contribution >= 0.6 is 23.8 Å². The quantitative estimate of drug-likeness (QED) is 0.294. The highest BCUT2D eigenvalue weighted by atomic mass is 35.5. The molecule has 1 aliphatic rings. The molecule has 2 amide bonds. The summed E-state index contributed by atoms with van der Waals surface area (Å²) in [5.74, 6) is -0.459. The van der Waals surface area contributed by atoms with E-state index in [9.17, 15) is 14.4 Å². The second-order valence-corrected chi connectivity index (χ2v) is 9.28. The number of esters is 1. The van der Waals surface area contributed by atoms with Gasteiger partial charge in [0.1, 0.15) is 11.8 Å². The molecule has 0 saturated carbocycles. The van der Waals surface area contributed by atoms with Gasteiger partial charge in [0.05, 0.1) is 31.4 Å². The van der Waals surface area contributed by atoms with Gasteiger partial charge in [-0.1, -0.05) is 23.7 Å². The number of nitrogens with zero attached hydrogens (tertiary/aromatic N) is 2. The molecular formula is C28H26ClN3O5S. The molecule has 1 aliphatic heterocycles. The molecule has 3 aromatic rings. The smallest absolute Gasteiger partial charge is 0.338 e. The number of halogens is 1. The summed E-state index contributed by atoms with van der Waals surface area (Å²) in [7, 11) is 1.56. The zero-order valence-corrected chi connectivity index (χ0v) is 22.4. The second kappa shape index (κ2) is 12.1. The van der Waals surface area contributed by atoms with Gasteiger partial charge in [0.15, 0.2) is 5.11 Å². The van der Waals surface area contributed by atoms with Crippen molar-refractivity contribution in [2.75, 3.05) is 23.9 Å². The molecule has 1 N–H and O–H groups in total. The van der Waals surface area contributed by atoms with E-state index in [1.165, 1.54) is 4.90 Å². The monoisotopic (exact) mass is 551 g/mol. The predicted molar refractivity (Wildman–Crippen MR) is 150 cm³/mol. The zero-order chi connectivity index (χ0) is 27.2. The highest BCUT2D eigenvalue weighted by molar-refractivity contribution is 7.80. The molecule has 1 atom stereocenters. The summed E-state index contributed by atoms with van der Waals surface area (Å²) in [5, 5.41) is 3.68. The van der Waals surface area contributed by atoms with Crippen LogP contribution in [0.4, 0.5) is 11.4 Å². The molecule has 10 heteroatoms. The topological polar surface area (TPSA) is 88.2 Å². The minimum absolute atomic E-state index is 0.115. The Morgan fingerprint density at radius 1 is 1.00 bits per heavy atom. The molecule has 0 bridgehead atoms. The summed E-state index contributed by atoms with van der Waals surface area (Å²) in [6, 6.07) is 19.7. The third-order valence-electron chi connectivity index (χ3n) is 5.97. The van der Waals surface area contributed by atoms with Gasteiger partial charge in [0.2, 0.25) is 5.91 Å². The number of amides is 2. The van der Waals surface area contributed by atoms with Crippen LogP contribution < -0.4 is 15.0 Å². The first-order chi connectivity index (χ1) is 18.3. The van der Waals surface area contributed by atoms with Gasteiger partial charge >= 0.3 is 5.97 Å². The number of hydrogen-bond acceptors (Lipinski definition) is 6. The van der Waals surface area contributed by atoms with Crippen LogP contribution in [0.15, 0.2) is 72.8 Å². The standard InChI is InChI=1S/C28H26ClN3O5S/c1-3-37-27(35)19-6-12-22(13-7-19)32-26(34)24(16-25(33)30-21-10-14-23(36-2)15-11-21)31(28(32)38)17-18-4-8-20(29)9-5-18/h4-15,24H,3,16-17H2,1-2H3,(H,30,33). The first-order valence-corrected chi connectivity index (χ1v) is 12.7. The van der Waals surface area contributed by atoms with Crippen molar-refractivity contribution in [2.24, 2.45) is 0 Å². The number of rotatable bonds is 9. The van der Waals surface area contributed by atoms with Crippen LogP contribution in [0.1, 0.15) is 29.3 Å². The average molecular weight is 552 g/mol. The van der Waals surface area contributed by atoms with Crippen LogP contribution in [0.25, 0.3) is 0 Å². The van der Waals surface area contributed by atoms with E-state index in [-0.39, 0.29) is 30.0 Å². The zero-order valence-electron chi connectivity index (χ0n) is 20.8. The Labute approximate surface area is 231 Å². The van der Waals surface area contributed by atoms with Gasteiger partial charge in [-0.3, -0.25) is 14.5 Å². The van der Waals surface area contributed by atoms with E-state index in [0.29, 0.717) is 34.3 Å². The minimum atomic E-state index is -0.832. The third-order valence-corrected chi connectivity index (χ3v) is 6.64. The highest BCUT2D eigenvalue weighted by Gasteiger charge is 2.44. The van der Waals surface area contributed by atoms with Crippen molar-refractivity contribution in [2.45, 2.75) is 25.9 Å². The molecule has 8 nitrogen and oxygen atoms in total. The molecule has 0 aromatic heterocycles. The Kier molecular flexibility index (Phi) is 8.60. The maximum absolute atomic E-state index is 13.7. The van der Waals surface area contributed by atoms with E-state index in [1.807, 2.05) is 12.1 Å². The molecule has 1 unspecified atom stereocenters. The van der Waals surface area contributed by atoms with E-state index in [1.54, 1.807) is 79.6 Å². The van der Waals surface area contributed by atoms with Gasteiger partial charge in [-0.2, -0.15) is 0 Å². The van der Waals surface area contributed by atoms with E-state index in [4.69, 9.17) is 33.3 Å². The van der Waals surface area contributed by atoms with Crippen LogP contribution in [-0.4, -0.2) is 47.6 Å². The lowest BCUT2D eigenvalue weighted by atomic mass is 10.1. The van der Waals surface area contributed by atoms with Gasteiger partial charge in [-0.05, 0) is 85.4 Å². The van der Waals surface area contributed by atoms with Crippen molar-refractivity contribution in [1.82, 2.24) is 4.90 Å². The number of benzene rings is 3. The number of methoxy groups -OCH3 is 1. The van der Waals surface area contributed by atoms with Crippen molar-refractivity contribution >= 4 is 58.1 Å². The third kappa shape index (κ3) is 6.12. The molecular weight excluding hydrogens is 526 g/mol. The van der Waals surface area contributed by atoms with Gasteiger partial charge in [-0.25, -0.2) is 4.79 Å². The number of thiocarbonyl (C=S) groups is 1. The van der Waals surface area contributed by atoms with Crippen LogP contribution in [0, 0.1) is 0 Å². The van der Waals surface area contributed by atoms with Gasteiger partial charge in [-0.15, -0.1) is 0 Å². The number of carbonyl (C=O) groups excluding carboxylic acids is 3. The summed E-state index contributed by atoms with van der Waals surface area (Å²) in [5.41, 5.74) is 2.32. The summed E-state index contributed by atoms with van der Waals surface area (Å²) in [6.07, 6.45) is -0.115. The predicted octanol–water partition coefficient (Wildman–Crippen LogP) is 5.06. The first-order valence-electron chi connectivity index (χ1n) is 11.9. The molecule has 0 aliphatic carbocycles. The maximum Gasteiger partial charge on any atom is 0.338 e.